The van der Waals surface area contributed by atoms with E-state index in [1.165, 1.54) is 5.56 Å². The van der Waals surface area contributed by atoms with Crippen LogP contribution in [0.4, 0.5) is 11.5 Å². The normalized spacial score (nSPS) is 14.9. The highest BCUT2D eigenvalue weighted by atomic mass is 16.5. The molecule has 4 N–H and O–H groups in total. The first-order valence-electron chi connectivity index (χ1n) is 11.6. The Labute approximate surface area is 200 Å². The minimum Gasteiger partial charge on any atom is -0.496 e. The number of nitrogens with zero attached hydrogens (tertiary/aromatic N) is 2. The maximum Gasteiger partial charge on any atom is 0.147 e. The third kappa shape index (κ3) is 4.06. The van der Waals surface area contributed by atoms with E-state index >= 15 is 0 Å². The van der Waals surface area contributed by atoms with Crippen LogP contribution in [0.25, 0.3) is 22.0 Å². The third-order valence-electron chi connectivity index (χ3n) is 6.58. The lowest BCUT2D eigenvalue weighted by molar-refractivity contribution is 0.123. The molecule has 0 bridgehead atoms. The van der Waals surface area contributed by atoms with Gasteiger partial charge in [0.25, 0.3) is 0 Å². The Balaban J connectivity index is 1.61. The van der Waals surface area contributed by atoms with Crippen LogP contribution in [0.5, 0.6) is 5.75 Å². The average Bonchev–Trinajstić information content (AvgIpc) is 2.88. The van der Waals surface area contributed by atoms with Gasteiger partial charge in [-0.15, -0.1) is 0 Å². The maximum absolute atomic E-state index is 6.83. The first kappa shape index (κ1) is 22.2. The largest absolute Gasteiger partial charge is 0.496 e. The highest BCUT2D eigenvalue weighted by Gasteiger charge is 2.20. The zero-order valence-corrected chi connectivity index (χ0v) is 19.6. The van der Waals surface area contributed by atoms with Crippen LogP contribution in [-0.2, 0) is 4.74 Å². The zero-order valence-electron chi connectivity index (χ0n) is 19.6. The van der Waals surface area contributed by atoms with Crippen molar-refractivity contribution in [3.05, 3.63) is 83.4 Å². The summed E-state index contributed by atoms with van der Waals surface area (Å²) in [5.41, 5.74) is 20.4. The summed E-state index contributed by atoms with van der Waals surface area (Å²) in [6.45, 7) is 5.15. The minimum absolute atomic E-state index is 0.324. The van der Waals surface area contributed by atoms with Gasteiger partial charge in [-0.2, -0.15) is 0 Å². The van der Waals surface area contributed by atoms with Gasteiger partial charge in [0.2, 0.25) is 0 Å². The van der Waals surface area contributed by atoms with E-state index in [2.05, 4.69) is 53.2 Å². The number of rotatable bonds is 5. The first-order valence-corrected chi connectivity index (χ1v) is 11.6. The Hall–Kier alpha value is -3.61. The monoisotopic (exact) mass is 454 g/mol. The number of anilines is 2. The van der Waals surface area contributed by atoms with Crippen molar-refractivity contribution in [2.45, 2.75) is 13.0 Å². The molecule has 1 aromatic heterocycles. The second kappa shape index (κ2) is 9.33. The number of hydrogen-bond acceptors (Lipinski definition) is 6. The van der Waals surface area contributed by atoms with Crippen molar-refractivity contribution in [1.82, 2.24) is 4.98 Å². The second-order valence-corrected chi connectivity index (χ2v) is 8.66. The topological polar surface area (TPSA) is 86.6 Å². The van der Waals surface area contributed by atoms with Gasteiger partial charge in [-0.25, -0.2) is 4.98 Å². The fraction of sp³-hybridized carbons (Fsp3) is 0.250. The number of benzene rings is 3. The number of nitrogen functional groups attached to an aromatic ring is 1. The molecular formula is C28H30N4O2. The summed E-state index contributed by atoms with van der Waals surface area (Å²) in [5, 5.41) is 1.05. The lowest BCUT2D eigenvalue weighted by atomic mass is 9.88. The second-order valence-electron chi connectivity index (χ2n) is 8.66. The van der Waals surface area contributed by atoms with E-state index in [1.807, 2.05) is 30.3 Å². The summed E-state index contributed by atoms with van der Waals surface area (Å²) in [6.07, 6.45) is 0. The number of pyridine rings is 1. The fourth-order valence-electron chi connectivity index (χ4n) is 4.83. The number of morpholine rings is 1. The smallest absolute Gasteiger partial charge is 0.147 e. The van der Waals surface area contributed by atoms with Gasteiger partial charge in [0, 0.05) is 24.0 Å². The van der Waals surface area contributed by atoms with Gasteiger partial charge in [0.05, 0.1) is 37.6 Å². The lowest BCUT2D eigenvalue weighted by Gasteiger charge is -2.29. The Morgan fingerprint density at radius 3 is 2.53 bits per heavy atom. The molecule has 0 saturated carbocycles. The highest BCUT2D eigenvalue weighted by Crippen LogP contribution is 2.38. The number of methoxy groups -OCH3 is 1. The Bertz CT molecular complexity index is 1330. The van der Waals surface area contributed by atoms with Gasteiger partial charge < -0.3 is 25.8 Å². The summed E-state index contributed by atoms with van der Waals surface area (Å²) >= 11 is 0. The van der Waals surface area contributed by atoms with Crippen molar-refractivity contribution in [1.29, 1.82) is 0 Å². The van der Waals surface area contributed by atoms with Crippen molar-refractivity contribution < 1.29 is 9.47 Å². The van der Waals surface area contributed by atoms with Gasteiger partial charge in [-0.1, -0.05) is 42.5 Å². The molecule has 5 rings (SSSR count). The van der Waals surface area contributed by atoms with Gasteiger partial charge >= 0.3 is 0 Å². The molecule has 6 heteroatoms. The Morgan fingerprint density at radius 1 is 0.971 bits per heavy atom. The summed E-state index contributed by atoms with van der Waals surface area (Å²) in [7, 11) is 1.68. The van der Waals surface area contributed by atoms with Crippen LogP contribution in [0.1, 0.15) is 22.7 Å². The highest BCUT2D eigenvalue weighted by molar-refractivity contribution is 5.91. The number of hydrogen-bond donors (Lipinski definition) is 2. The van der Waals surface area contributed by atoms with E-state index in [9.17, 15) is 0 Å². The minimum atomic E-state index is -0.324. The van der Waals surface area contributed by atoms with E-state index in [-0.39, 0.29) is 6.04 Å². The SMILES string of the molecule is COc1ccccc1C(N)c1cccc(C)c1-c1ccc2nc(N)c(N3CCOCC3)cc2c1. The summed E-state index contributed by atoms with van der Waals surface area (Å²) < 4.78 is 11.1. The molecule has 1 fully saturated rings. The molecule has 1 aliphatic rings. The van der Waals surface area contributed by atoms with Crippen molar-refractivity contribution in [3.8, 4) is 16.9 Å². The molecule has 1 atom stereocenters. The molecule has 1 saturated heterocycles. The van der Waals surface area contributed by atoms with Crippen molar-refractivity contribution in [2.75, 3.05) is 44.0 Å². The van der Waals surface area contributed by atoms with Crippen LogP contribution in [0.2, 0.25) is 0 Å². The Kier molecular flexibility index (Phi) is 6.09. The standard InChI is InChI=1S/C28H30N4O2/c1-18-6-5-8-22(27(29)21-7-3-4-9-25(21)33-2)26(18)19-10-11-23-20(16-19)17-24(28(30)31-23)32-12-14-34-15-13-32/h3-11,16-17,27H,12-15,29H2,1-2H3,(H2,30,31). The van der Waals surface area contributed by atoms with Gasteiger partial charge in [0.1, 0.15) is 11.6 Å². The van der Waals surface area contributed by atoms with Gasteiger partial charge in [-0.05, 0) is 53.4 Å². The number of fused-ring (bicyclic) bond motifs is 1. The van der Waals surface area contributed by atoms with Crippen LogP contribution < -0.4 is 21.1 Å². The van der Waals surface area contributed by atoms with Crippen LogP contribution in [0, 0.1) is 6.92 Å². The molecule has 3 aromatic carbocycles. The molecule has 1 unspecified atom stereocenters. The molecule has 6 nitrogen and oxygen atoms in total. The average molecular weight is 455 g/mol. The number of nitrogens with two attached hydrogens (primary N) is 2. The number of ether oxygens (including phenoxy) is 2. The van der Waals surface area contributed by atoms with Gasteiger partial charge in [-0.3, -0.25) is 0 Å². The molecular weight excluding hydrogens is 424 g/mol. The summed E-state index contributed by atoms with van der Waals surface area (Å²) in [4.78, 5) is 6.93. The maximum atomic E-state index is 6.83. The van der Waals surface area contributed by atoms with Crippen LogP contribution in [0.3, 0.4) is 0 Å². The molecule has 0 spiro atoms. The van der Waals surface area contributed by atoms with E-state index < -0.39 is 0 Å². The molecule has 4 aromatic rings. The van der Waals surface area contributed by atoms with Crippen LogP contribution in [-0.4, -0.2) is 38.4 Å². The van der Waals surface area contributed by atoms with Crippen LogP contribution in [0.15, 0.2) is 66.7 Å². The Morgan fingerprint density at radius 2 is 1.74 bits per heavy atom. The molecule has 1 aliphatic heterocycles. The van der Waals surface area contributed by atoms with E-state index in [0.717, 1.165) is 57.7 Å². The number of para-hydroxylation sites is 1. The molecule has 0 amide bonds. The quantitative estimate of drug-likeness (QED) is 0.455. The molecule has 2 heterocycles. The molecule has 0 radical (unpaired) electrons. The molecule has 174 valence electrons. The van der Waals surface area contributed by atoms with Crippen molar-refractivity contribution in [2.24, 2.45) is 5.73 Å². The summed E-state index contributed by atoms with van der Waals surface area (Å²) in [6, 6.07) is 22.4. The predicted octanol–water partition coefficient (Wildman–Crippen LogP) is 4.69. The fourth-order valence-corrected chi connectivity index (χ4v) is 4.83. The zero-order chi connectivity index (χ0) is 23.7. The predicted molar refractivity (Wildman–Crippen MR) is 138 cm³/mol. The first-order chi connectivity index (χ1) is 16.6. The number of aromatic nitrogens is 1. The molecule has 34 heavy (non-hydrogen) atoms. The van der Waals surface area contributed by atoms with E-state index in [4.69, 9.17) is 20.9 Å². The molecule has 0 aliphatic carbocycles. The number of aryl methyl sites for hydroxylation is 1. The summed E-state index contributed by atoms with van der Waals surface area (Å²) in [5.74, 6) is 1.34. The van der Waals surface area contributed by atoms with Gasteiger partial charge in [0.15, 0.2) is 0 Å². The van der Waals surface area contributed by atoms with Crippen molar-refractivity contribution in [3.63, 3.8) is 0 Å². The van der Waals surface area contributed by atoms with E-state index in [1.54, 1.807) is 7.11 Å². The lowest BCUT2D eigenvalue weighted by Crippen LogP contribution is -2.36. The van der Waals surface area contributed by atoms with Crippen molar-refractivity contribution >= 4 is 22.4 Å². The van der Waals surface area contributed by atoms with E-state index in [0.29, 0.717) is 19.0 Å². The van der Waals surface area contributed by atoms with Crippen LogP contribution >= 0.6 is 0 Å². The third-order valence-corrected chi connectivity index (χ3v) is 6.58.